The Morgan fingerprint density at radius 3 is 2.45 bits per heavy atom. The number of rotatable bonds is 7. The van der Waals surface area contributed by atoms with Crippen molar-refractivity contribution < 1.29 is 14.2 Å². The van der Waals surface area contributed by atoms with Crippen LogP contribution >= 0.6 is 0 Å². The van der Waals surface area contributed by atoms with Crippen LogP contribution in [0.25, 0.3) is 0 Å². The van der Waals surface area contributed by atoms with Crippen LogP contribution in [0.5, 0.6) is 5.75 Å². The average molecular weight is 275 g/mol. The highest BCUT2D eigenvalue weighted by Gasteiger charge is 2.12. The molecule has 0 saturated heterocycles. The van der Waals surface area contributed by atoms with E-state index in [0.29, 0.717) is 13.2 Å². The molecule has 1 atom stereocenters. The second-order valence-corrected chi connectivity index (χ2v) is 4.38. The van der Waals surface area contributed by atoms with Gasteiger partial charge in [-0.25, -0.2) is 4.39 Å². The van der Waals surface area contributed by atoms with Gasteiger partial charge in [-0.1, -0.05) is 42.5 Å². The highest BCUT2D eigenvalue weighted by atomic mass is 19.1. The fourth-order valence-electron chi connectivity index (χ4n) is 1.93. The standard InChI is InChI=1S/C16H18FNO2/c17-14-8-4-5-9-16(14)20-12-15(18-10-11-19)13-6-2-1-3-7-13/h1-9,15,18-19H,10-12H2. The lowest BCUT2D eigenvalue weighted by molar-refractivity contribution is 0.236. The Kier molecular flexibility index (Phi) is 5.53. The summed E-state index contributed by atoms with van der Waals surface area (Å²) in [4.78, 5) is 0. The minimum atomic E-state index is -0.374. The molecule has 2 aromatic rings. The second-order valence-electron chi connectivity index (χ2n) is 4.38. The third-order valence-electron chi connectivity index (χ3n) is 2.95. The van der Waals surface area contributed by atoms with Gasteiger partial charge < -0.3 is 15.2 Å². The molecule has 0 saturated carbocycles. The van der Waals surface area contributed by atoms with Crippen LogP contribution in [0.3, 0.4) is 0 Å². The number of aliphatic hydroxyl groups excluding tert-OH is 1. The summed E-state index contributed by atoms with van der Waals surface area (Å²) >= 11 is 0. The largest absolute Gasteiger partial charge is 0.489 e. The smallest absolute Gasteiger partial charge is 0.165 e. The predicted octanol–water partition coefficient (Wildman–Crippen LogP) is 2.53. The summed E-state index contributed by atoms with van der Waals surface area (Å²) in [5.41, 5.74) is 1.04. The number of benzene rings is 2. The van der Waals surface area contributed by atoms with Crippen LogP contribution in [0.1, 0.15) is 11.6 Å². The van der Waals surface area contributed by atoms with Crippen LogP contribution in [0.2, 0.25) is 0 Å². The van der Waals surface area contributed by atoms with Crippen LogP contribution in [-0.2, 0) is 0 Å². The third kappa shape index (κ3) is 4.05. The molecule has 0 amide bonds. The van der Waals surface area contributed by atoms with E-state index in [2.05, 4.69) is 5.32 Å². The molecule has 2 aromatic carbocycles. The van der Waals surface area contributed by atoms with Crippen molar-refractivity contribution in [2.24, 2.45) is 0 Å². The van der Waals surface area contributed by atoms with Crippen LogP contribution in [0.4, 0.5) is 4.39 Å². The minimum absolute atomic E-state index is 0.0447. The second kappa shape index (κ2) is 7.62. The number of nitrogens with one attached hydrogen (secondary N) is 1. The van der Waals surface area contributed by atoms with Gasteiger partial charge in [0.2, 0.25) is 0 Å². The van der Waals surface area contributed by atoms with Gasteiger partial charge in [-0.3, -0.25) is 0 Å². The SMILES string of the molecule is OCCNC(COc1ccccc1F)c1ccccc1. The maximum absolute atomic E-state index is 13.5. The lowest BCUT2D eigenvalue weighted by Gasteiger charge is -2.19. The molecule has 0 heterocycles. The highest BCUT2D eigenvalue weighted by Crippen LogP contribution is 2.19. The van der Waals surface area contributed by atoms with Crippen LogP contribution in [0, 0.1) is 5.82 Å². The van der Waals surface area contributed by atoms with E-state index in [9.17, 15) is 4.39 Å². The number of halogens is 1. The monoisotopic (exact) mass is 275 g/mol. The summed E-state index contributed by atoms with van der Waals surface area (Å²) in [5, 5.41) is 12.1. The van der Waals surface area contributed by atoms with E-state index in [1.54, 1.807) is 18.2 Å². The minimum Gasteiger partial charge on any atom is -0.489 e. The molecule has 20 heavy (non-hydrogen) atoms. The van der Waals surface area contributed by atoms with E-state index in [-0.39, 0.29) is 24.2 Å². The summed E-state index contributed by atoms with van der Waals surface area (Å²) in [6.45, 7) is 0.800. The number of hydrogen-bond donors (Lipinski definition) is 2. The highest BCUT2D eigenvalue weighted by molar-refractivity contribution is 5.24. The molecule has 4 heteroatoms. The lowest BCUT2D eigenvalue weighted by Crippen LogP contribution is -2.29. The summed E-state index contributed by atoms with van der Waals surface area (Å²) in [7, 11) is 0. The molecule has 0 aliphatic rings. The van der Waals surface area contributed by atoms with Gasteiger partial charge in [0, 0.05) is 6.54 Å². The van der Waals surface area contributed by atoms with Gasteiger partial charge in [-0.15, -0.1) is 0 Å². The molecule has 3 nitrogen and oxygen atoms in total. The molecule has 1 unspecified atom stereocenters. The Morgan fingerprint density at radius 2 is 1.75 bits per heavy atom. The molecule has 0 spiro atoms. The summed E-state index contributed by atoms with van der Waals surface area (Å²) in [6.07, 6.45) is 0. The molecular formula is C16H18FNO2. The molecule has 0 bridgehead atoms. The van der Waals surface area contributed by atoms with Crippen molar-refractivity contribution in [3.63, 3.8) is 0 Å². The first-order valence-corrected chi connectivity index (χ1v) is 6.58. The molecule has 0 aromatic heterocycles. The van der Waals surface area contributed by atoms with Crippen molar-refractivity contribution in [2.45, 2.75) is 6.04 Å². The number of ether oxygens (including phenoxy) is 1. The third-order valence-corrected chi connectivity index (χ3v) is 2.95. The molecule has 0 aliphatic heterocycles. The lowest BCUT2D eigenvalue weighted by atomic mass is 10.1. The van der Waals surface area contributed by atoms with E-state index in [0.717, 1.165) is 5.56 Å². The Labute approximate surface area is 118 Å². The molecule has 2 rings (SSSR count). The average Bonchev–Trinajstić information content (AvgIpc) is 2.50. The predicted molar refractivity (Wildman–Crippen MR) is 76.2 cm³/mol. The molecule has 106 valence electrons. The summed E-state index contributed by atoms with van der Waals surface area (Å²) < 4.78 is 19.0. The van der Waals surface area contributed by atoms with E-state index in [4.69, 9.17) is 9.84 Å². The van der Waals surface area contributed by atoms with Crippen LogP contribution < -0.4 is 10.1 Å². The topological polar surface area (TPSA) is 41.5 Å². The first-order chi connectivity index (χ1) is 9.81. The van der Waals surface area contributed by atoms with Gasteiger partial charge in [0.15, 0.2) is 11.6 Å². The maximum atomic E-state index is 13.5. The molecule has 0 aliphatic carbocycles. The molecule has 0 fully saturated rings. The van der Waals surface area contributed by atoms with Crippen molar-refractivity contribution in [3.05, 3.63) is 66.0 Å². The zero-order chi connectivity index (χ0) is 14.2. The van der Waals surface area contributed by atoms with E-state index < -0.39 is 0 Å². The Hall–Kier alpha value is -1.91. The van der Waals surface area contributed by atoms with Crippen molar-refractivity contribution >= 4 is 0 Å². The van der Waals surface area contributed by atoms with Gasteiger partial charge >= 0.3 is 0 Å². The zero-order valence-corrected chi connectivity index (χ0v) is 11.1. The number of hydrogen-bond acceptors (Lipinski definition) is 3. The number of para-hydroxylation sites is 1. The first-order valence-electron chi connectivity index (χ1n) is 6.58. The van der Waals surface area contributed by atoms with Gasteiger partial charge in [-0.2, -0.15) is 0 Å². The van der Waals surface area contributed by atoms with Gasteiger partial charge in [0.05, 0.1) is 12.6 Å². The van der Waals surface area contributed by atoms with Crippen molar-refractivity contribution in [2.75, 3.05) is 19.8 Å². The molecule has 2 N–H and O–H groups in total. The van der Waals surface area contributed by atoms with E-state index >= 15 is 0 Å². The Bertz CT molecular complexity index is 519. The van der Waals surface area contributed by atoms with E-state index in [1.165, 1.54) is 6.07 Å². The van der Waals surface area contributed by atoms with Gasteiger partial charge in [-0.05, 0) is 17.7 Å². The maximum Gasteiger partial charge on any atom is 0.165 e. The van der Waals surface area contributed by atoms with Crippen molar-refractivity contribution in [1.29, 1.82) is 0 Å². The fourth-order valence-corrected chi connectivity index (χ4v) is 1.93. The van der Waals surface area contributed by atoms with Crippen molar-refractivity contribution in [1.82, 2.24) is 5.32 Å². The molecular weight excluding hydrogens is 257 g/mol. The summed E-state index contributed by atoms with van der Waals surface area (Å²) in [5.74, 6) is -0.138. The van der Waals surface area contributed by atoms with Crippen molar-refractivity contribution in [3.8, 4) is 5.75 Å². The van der Waals surface area contributed by atoms with Crippen LogP contribution in [0.15, 0.2) is 54.6 Å². The normalized spacial score (nSPS) is 12.1. The zero-order valence-electron chi connectivity index (χ0n) is 11.1. The first kappa shape index (κ1) is 14.5. The summed E-state index contributed by atoms with van der Waals surface area (Å²) in [6, 6.07) is 16.0. The van der Waals surface area contributed by atoms with E-state index in [1.807, 2.05) is 30.3 Å². The molecule has 0 radical (unpaired) electrons. The Balaban J connectivity index is 2.03. The quantitative estimate of drug-likeness (QED) is 0.816. The van der Waals surface area contributed by atoms with Crippen LogP contribution in [-0.4, -0.2) is 24.9 Å². The fraction of sp³-hybridized carbons (Fsp3) is 0.250. The van der Waals surface area contributed by atoms with Gasteiger partial charge in [0.25, 0.3) is 0 Å². The Morgan fingerprint density at radius 1 is 1.05 bits per heavy atom. The number of aliphatic hydroxyl groups is 1. The van der Waals surface area contributed by atoms with Gasteiger partial charge in [0.1, 0.15) is 6.61 Å².